The van der Waals surface area contributed by atoms with Gasteiger partial charge in [0, 0.05) is 69.6 Å². The van der Waals surface area contributed by atoms with Gasteiger partial charge in [-0.25, -0.2) is 0 Å². The number of piperazine rings is 1. The van der Waals surface area contributed by atoms with Gasteiger partial charge in [-0.1, -0.05) is 0 Å². The average Bonchev–Trinajstić information content (AvgIpc) is 3.23. The van der Waals surface area contributed by atoms with Gasteiger partial charge in [-0.2, -0.15) is 5.10 Å². The topological polar surface area (TPSA) is 97.6 Å². The molecule has 0 saturated carbocycles. The van der Waals surface area contributed by atoms with E-state index in [1.165, 1.54) is 0 Å². The van der Waals surface area contributed by atoms with Crippen LogP contribution in [0.1, 0.15) is 37.0 Å². The van der Waals surface area contributed by atoms with Crippen LogP contribution in [0.3, 0.4) is 0 Å². The van der Waals surface area contributed by atoms with Gasteiger partial charge in [-0.15, -0.1) is 10.2 Å². The second kappa shape index (κ2) is 10.2. The molecule has 2 aromatic heterocycles. The molecule has 1 aromatic carbocycles. The molecular formula is C25H33N7O3. The molecule has 0 radical (unpaired) electrons. The maximum absolute atomic E-state index is 13.1. The number of aryl methyl sites for hydroxylation is 1. The molecule has 1 amide bonds. The predicted molar refractivity (Wildman–Crippen MR) is 134 cm³/mol. The molecule has 10 nitrogen and oxygen atoms in total. The first-order valence-electron chi connectivity index (χ1n) is 12.4. The Hall–Kier alpha value is -3.24. The second-order valence-corrected chi connectivity index (χ2v) is 9.25. The van der Waals surface area contributed by atoms with E-state index in [2.05, 4.69) is 37.3 Å². The highest BCUT2D eigenvalue weighted by Gasteiger charge is 2.31. The van der Waals surface area contributed by atoms with Crippen molar-refractivity contribution >= 4 is 28.4 Å². The molecule has 4 heterocycles. The van der Waals surface area contributed by atoms with E-state index in [0.717, 1.165) is 62.4 Å². The molecule has 0 spiro atoms. The zero-order chi connectivity index (χ0) is 24.4. The first-order valence-corrected chi connectivity index (χ1v) is 12.4. The molecule has 3 aromatic rings. The van der Waals surface area contributed by atoms with Crippen molar-refractivity contribution in [1.29, 1.82) is 0 Å². The van der Waals surface area contributed by atoms with Crippen LogP contribution in [0, 0.1) is 0 Å². The van der Waals surface area contributed by atoms with E-state index < -0.39 is 0 Å². The molecule has 35 heavy (non-hydrogen) atoms. The molecule has 10 heteroatoms. The van der Waals surface area contributed by atoms with Gasteiger partial charge < -0.3 is 19.7 Å². The quantitative estimate of drug-likeness (QED) is 0.576. The Morgan fingerprint density at radius 2 is 2.03 bits per heavy atom. The lowest BCUT2D eigenvalue weighted by atomic mass is 10.0. The zero-order valence-corrected chi connectivity index (χ0v) is 20.6. The van der Waals surface area contributed by atoms with Crippen molar-refractivity contribution in [3.8, 4) is 5.75 Å². The van der Waals surface area contributed by atoms with Crippen molar-refractivity contribution in [3.63, 3.8) is 0 Å². The van der Waals surface area contributed by atoms with E-state index in [4.69, 9.17) is 9.47 Å². The summed E-state index contributed by atoms with van der Waals surface area (Å²) in [5.41, 5.74) is 1.22. The Kier molecular flexibility index (Phi) is 6.83. The summed E-state index contributed by atoms with van der Waals surface area (Å²) in [7, 11) is 1.85. The van der Waals surface area contributed by atoms with Crippen LogP contribution in [0.5, 0.6) is 5.75 Å². The fraction of sp³-hybridized carbons (Fsp3) is 0.520. The van der Waals surface area contributed by atoms with Crippen LogP contribution in [-0.2, 0) is 11.8 Å². The van der Waals surface area contributed by atoms with Crippen LogP contribution in [0.15, 0.2) is 30.5 Å². The predicted octanol–water partition coefficient (Wildman–Crippen LogP) is 2.70. The number of nitrogens with zero attached hydrogens (tertiary/aromatic N) is 6. The summed E-state index contributed by atoms with van der Waals surface area (Å²) in [5.74, 6) is 1.44. The molecule has 2 fully saturated rings. The SMILES string of the molecule is CCOc1cc2nn(C)cc2cc1C(=O)Nc1ccc(N2CCN(C3CCOCC3)[C@@H](C)C2)nn1. The van der Waals surface area contributed by atoms with Gasteiger partial charge in [0.25, 0.3) is 5.91 Å². The van der Waals surface area contributed by atoms with Crippen molar-refractivity contribution in [3.05, 3.63) is 36.0 Å². The van der Waals surface area contributed by atoms with Gasteiger partial charge in [0.05, 0.1) is 17.7 Å². The summed E-state index contributed by atoms with van der Waals surface area (Å²) in [6, 6.07) is 8.36. The van der Waals surface area contributed by atoms with Gasteiger partial charge in [-0.05, 0) is 44.9 Å². The lowest BCUT2D eigenvalue weighted by molar-refractivity contribution is 0.0161. The number of anilines is 2. The van der Waals surface area contributed by atoms with Gasteiger partial charge in [0.15, 0.2) is 11.6 Å². The normalized spacial score (nSPS) is 19.7. The number of benzene rings is 1. The Morgan fingerprint density at radius 3 is 2.74 bits per heavy atom. The van der Waals surface area contributed by atoms with E-state index in [0.29, 0.717) is 35.8 Å². The summed E-state index contributed by atoms with van der Waals surface area (Å²) in [6.07, 6.45) is 4.09. The Balaban J connectivity index is 1.25. The third-order valence-electron chi connectivity index (χ3n) is 6.82. The van der Waals surface area contributed by atoms with E-state index in [1.807, 2.05) is 26.2 Å². The van der Waals surface area contributed by atoms with E-state index >= 15 is 0 Å². The van der Waals surface area contributed by atoms with Crippen molar-refractivity contribution in [1.82, 2.24) is 24.9 Å². The lowest BCUT2D eigenvalue weighted by Crippen LogP contribution is -2.56. The lowest BCUT2D eigenvalue weighted by Gasteiger charge is -2.45. The first kappa shape index (κ1) is 23.5. The van der Waals surface area contributed by atoms with Gasteiger partial charge in [0.2, 0.25) is 0 Å². The fourth-order valence-electron chi connectivity index (χ4n) is 5.11. The standard InChI is InChI=1S/C25H33N7O3/c1-4-35-22-14-21-18(16-30(3)29-21)13-20(22)25(33)26-23-5-6-24(28-27-23)31-9-10-32(17(2)15-31)19-7-11-34-12-8-19/h5-6,13-14,16-17,19H,4,7-12,15H2,1-3H3,(H,26,27,33)/t17-/m0/s1. The summed E-state index contributed by atoms with van der Waals surface area (Å²) in [4.78, 5) is 17.9. The molecule has 1 N–H and O–H groups in total. The monoisotopic (exact) mass is 479 g/mol. The molecular weight excluding hydrogens is 446 g/mol. The Labute approximate surface area is 205 Å². The summed E-state index contributed by atoms with van der Waals surface area (Å²) >= 11 is 0. The van der Waals surface area contributed by atoms with Gasteiger partial charge in [-0.3, -0.25) is 14.4 Å². The van der Waals surface area contributed by atoms with Crippen LogP contribution in [0.25, 0.3) is 10.9 Å². The van der Waals surface area contributed by atoms with Crippen molar-refractivity contribution in [2.45, 2.75) is 38.8 Å². The second-order valence-electron chi connectivity index (χ2n) is 9.25. The Bertz CT molecular complexity index is 1170. The van der Waals surface area contributed by atoms with Crippen LogP contribution in [0.4, 0.5) is 11.6 Å². The smallest absolute Gasteiger partial charge is 0.260 e. The average molecular weight is 480 g/mol. The molecule has 2 saturated heterocycles. The summed E-state index contributed by atoms with van der Waals surface area (Å²) in [5, 5.41) is 16.8. The van der Waals surface area contributed by atoms with E-state index in [1.54, 1.807) is 22.9 Å². The zero-order valence-electron chi connectivity index (χ0n) is 20.6. The van der Waals surface area contributed by atoms with Crippen LogP contribution in [-0.4, -0.2) is 82.3 Å². The third kappa shape index (κ3) is 5.08. The highest BCUT2D eigenvalue weighted by molar-refractivity contribution is 6.08. The number of carbonyl (C=O) groups is 1. The molecule has 0 bridgehead atoms. The molecule has 2 aliphatic rings. The number of amides is 1. The molecule has 0 unspecified atom stereocenters. The van der Waals surface area contributed by atoms with Crippen molar-refractivity contribution in [2.24, 2.45) is 7.05 Å². The number of rotatable bonds is 6. The number of ether oxygens (including phenoxy) is 2. The molecule has 186 valence electrons. The highest BCUT2D eigenvalue weighted by atomic mass is 16.5. The molecule has 5 rings (SSSR count). The number of fused-ring (bicyclic) bond motifs is 1. The van der Waals surface area contributed by atoms with Crippen LogP contribution in [0.2, 0.25) is 0 Å². The van der Waals surface area contributed by atoms with E-state index in [-0.39, 0.29) is 5.91 Å². The van der Waals surface area contributed by atoms with Gasteiger partial charge >= 0.3 is 0 Å². The minimum atomic E-state index is -0.292. The van der Waals surface area contributed by atoms with Crippen LogP contribution >= 0.6 is 0 Å². The maximum Gasteiger partial charge on any atom is 0.260 e. The van der Waals surface area contributed by atoms with Gasteiger partial charge in [0.1, 0.15) is 5.75 Å². The molecule has 1 atom stereocenters. The number of carbonyl (C=O) groups excluding carboxylic acids is 1. The molecule has 2 aliphatic heterocycles. The van der Waals surface area contributed by atoms with Crippen LogP contribution < -0.4 is 15.0 Å². The highest BCUT2D eigenvalue weighted by Crippen LogP contribution is 2.27. The Morgan fingerprint density at radius 1 is 1.20 bits per heavy atom. The first-order chi connectivity index (χ1) is 17.0. The third-order valence-corrected chi connectivity index (χ3v) is 6.82. The summed E-state index contributed by atoms with van der Waals surface area (Å²) in [6.45, 7) is 9.15. The fourth-order valence-corrected chi connectivity index (χ4v) is 5.11. The number of hydrogen-bond donors (Lipinski definition) is 1. The minimum Gasteiger partial charge on any atom is -0.493 e. The number of nitrogens with one attached hydrogen (secondary N) is 1. The number of hydrogen-bond acceptors (Lipinski definition) is 8. The maximum atomic E-state index is 13.1. The van der Waals surface area contributed by atoms with E-state index in [9.17, 15) is 4.79 Å². The number of aromatic nitrogens is 4. The van der Waals surface area contributed by atoms with Crippen molar-refractivity contribution < 1.29 is 14.3 Å². The molecule has 0 aliphatic carbocycles. The minimum absolute atomic E-state index is 0.292. The summed E-state index contributed by atoms with van der Waals surface area (Å²) < 4.78 is 13.0. The van der Waals surface area contributed by atoms with Crippen molar-refractivity contribution in [2.75, 3.05) is 49.7 Å². The largest absolute Gasteiger partial charge is 0.493 e.